The van der Waals surface area contributed by atoms with E-state index in [1.165, 1.54) is 60.7 Å². The molecule has 4 heteroatoms. The molecule has 0 amide bonds. The van der Waals surface area contributed by atoms with Crippen molar-refractivity contribution in [2.45, 2.75) is 12.8 Å². The van der Waals surface area contributed by atoms with E-state index >= 15 is 0 Å². The van der Waals surface area contributed by atoms with Gasteiger partial charge in [-0.25, -0.2) is 4.98 Å². The number of fused-ring (bicyclic) bond motifs is 15. The van der Waals surface area contributed by atoms with Gasteiger partial charge in [0.2, 0.25) is 0 Å². The van der Waals surface area contributed by atoms with Gasteiger partial charge < -0.3 is 0 Å². The van der Waals surface area contributed by atoms with Crippen LogP contribution < -0.4 is 0 Å². The number of nitrogens with zero attached hydrogens (tertiary/aromatic N) is 4. The van der Waals surface area contributed by atoms with Gasteiger partial charge in [-0.3, -0.25) is 14.4 Å². The van der Waals surface area contributed by atoms with Gasteiger partial charge in [-0.1, -0.05) is 36.4 Å². The number of hydrogen-bond acceptors (Lipinski definition) is 3. The van der Waals surface area contributed by atoms with Crippen molar-refractivity contribution < 1.29 is 0 Å². The van der Waals surface area contributed by atoms with Crippen LogP contribution in [0.2, 0.25) is 0 Å². The van der Waals surface area contributed by atoms with Crippen molar-refractivity contribution in [2.75, 3.05) is 0 Å². The van der Waals surface area contributed by atoms with E-state index in [0.29, 0.717) is 0 Å². The number of imidazole rings is 1. The topological polar surface area (TPSA) is 43.1 Å². The van der Waals surface area contributed by atoms with E-state index in [1.54, 1.807) is 0 Å². The minimum absolute atomic E-state index is 0.952. The van der Waals surface area contributed by atoms with Gasteiger partial charge in [0.15, 0.2) is 0 Å². The Labute approximate surface area is 200 Å². The molecule has 0 bridgehead atoms. The fourth-order valence-electron chi connectivity index (χ4n) is 6.50. The lowest BCUT2D eigenvalue weighted by Gasteiger charge is -2.13. The smallest absolute Gasteiger partial charge is 0.146 e. The van der Waals surface area contributed by atoms with Crippen LogP contribution in [0, 0.1) is 0 Å². The summed E-state index contributed by atoms with van der Waals surface area (Å²) in [5, 5.41) is 3.61. The van der Waals surface area contributed by atoms with E-state index in [4.69, 9.17) is 4.98 Å². The molecule has 3 aromatic carbocycles. The van der Waals surface area contributed by atoms with Crippen LogP contribution in [-0.4, -0.2) is 19.4 Å². The molecule has 0 unspecified atom stereocenters. The number of benzene rings is 3. The zero-order chi connectivity index (χ0) is 22.7. The summed E-state index contributed by atoms with van der Waals surface area (Å²) in [4.78, 5) is 13.9. The molecule has 4 aromatic heterocycles. The molecule has 4 heterocycles. The Kier molecular flexibility index (Phi) is 3.11. The average molecular weight is 447 g/mol. The van der Waals surface area contributed by atoms with Gasteiger partial charge in [0.05, 0.1) is 28.9 Å². The molecule has 0 saturated heterocycles. The van der Waals surface area contributed by atoms with E-state index < -0.39 is 0 Å². The van der Waals surface area contributed by atoms with Crippen molar-refractivity contribution in [1.29, 1.82) is 0 Å². The monoisotopic (exact) mass is 446 g/mol. The Hall–Kier alpha value is -4.57. The Bertz CT molecular complexity index is 2070. The predicted octanol–water partition coefficient (Wildman–Crippen LogP) is 6.73. The molecule has 0 atom stereocenters. The third kappa shape index (κ3) is 2.15. The molecule has 0 radical (unpaired) electrons. The lowest BCUT2D eigenvalue weighted by molar-refractivity contribution is 1.23. The molecule has 4 nitrogen and oxygen atoms in total. The third-order valence-electron chi connectivity index (χ3n) is 7.97. The van der Waals surface area contributed by atoms with Crippen molar-refractivity contribution in [1.82, 2.24) is 19.4 Å². The van der Waals surface area contributed by atoms with E-state index in [9.17, 15) is 0 Å². The van der Waals surface area contributed by atoms with Gasteiger partial charge in [-0.05, 0) is 87.0 Å². The largest absolute Gasteiger partial charge is 0.289 e. The summed E-state index contributed by atoms with van der Waals surface area (Å²) in [6, 6.07) is 22.5. The molecule has 9 rings (SSSR count). The Balaban J connectivity index is 1.45. The molecular weight excluding hydrogens is 428 g/mol. The van der Waals surface area contributed by atoms with Crippen LogP contribution in [-0.2, 0) is 12.8 Å². The molecule has 0 fully saturated rings. The highest BCUT2D eigenvalue weighted by Gasteiger charge is 2.29. The van der Waals surface area contributed by atoms with E-state index in [0.717, 1.165) is 35.0 Å². The van der Waals surface area contributed by atoms with Crippen molar-refractivity contribution >= 4 is 38.4 Å². The first-order chi connectivity index (χ1) is 17.3. The fourth-order valence-corrected chi connectivity index (χ4v) is 6.50. The number of aromatic nitrogens is 4. The molecule has 7 aromatic rings. The van der Waals surface area contributed by atoms with Gasteiger partial charge >= 0.3 is 0 Å². The maximum atomic E-state index is 5.08. The van der Waals surface area contributed by atoms with Crippen LogP contribution in [0.5, 0.6) is 0 Å². The van der Waals surface area contributed by atoms with Crippen LogP contribution in [0.1, 0.15) is 22.3 Å². The zero-order valence-electron chi connectivity index (χ0n) is 18.8. The van der Waals surface area contributed by atoms with Crippen LogP contribution in [0.25, 0.3) is 60.6 Å². The lowest BCUT2D eigenvalue weighted by Crippen LogP contribution is -1.94. The normalized spacial score (nSPS) is 13.5. The van der Waals surface area contributed by atoms with Gasteiger partial charge in [-0.15, -0.1) is 0 Å². The number of hydrogen-bond donors (Lipinski definition) is 0. The van der Waals surface area contributed by atoms with Gasteiger partial charge in [0, 0.05) is 23.2 Å². The second-order valence-corrected chi connectivity index (χ2v) is 9.73. The zero-order valence-corrected chi connectivity index (χ0v) is 18.8. The SMILES string of the molecule is c1ccc2c(c1)Cc1ccc3c(c1-2)-c1cc2c(cc1C3)c1ccncc1n1c3cnccc3nc21. The highest BCUT2D eigenvalue weighted by molar-refractivity contribution is 6.15. The Morgan fingerprint density at radius 3 is 2.29 bits per heavy atom. The highest BCUT2D eigenvalue weighted by atomic mass is 15.0. The number of pyridine rings is 3. The summed E-state index contributed by atoms with van der Waals surface area (Å²) in [5.41, 5.74) is 15.3. The maximum absolute atomic E-state index is 5.08. The minimum Gasteiger partial charge on any atom is -0.289 e. The summed E-state index contributed by atoms with van der Waals surface area (Å²) in [6.07, 6.45) is 9.53. The minimum atomic E-state index is 0.952. The highest BCUT2D eigenvalue weighted by Crippen LogP contribution is 2.50. The molecule has 0 spiro atoms. The van der Waals surface area contributed by atoms with E-state index in [-0.39, 0.29) is 0 Å². The second kappa shape index (κ2) is 6.10. The summed E-state index contributed by atoms with van der Waals surface area (Å²) in [5.74, 6) is 0. The van der Waals surface area contributed by atoms with Gasteiger partial charge in [0.25, 0.3) is 0 Å². The molecule has 2 aliphatic rings. The molecule has 162 valence electrons. The van der Waals surface area contributed by atoms with E-state index in [2.05, 4.69) is 69.0 Å². The Morgan fingerprint density at radius 1 is 0.600 bits per heavy atom. The molecule has 35 heavy (non-hydrogen) atoms. The van der Waals surface area contributed by atoms with Crippen molar-refractivity contribution in [3.05, 3.63) is 108 Å². The van der Waals surface area contributed by atoms with Crippen molar-refractivity contribution in [3.63, 3.8) is 0 Å². The molecule has 0 N–H and O–H groups in total. The summed E-state index contributed by atoms with van der Waals surface area (Å²) in [7, 11) is 0. The predicted molar refractivity (Wildman–Crippen MR) is 140 cm³/mol. The summed E-state index contributed by atoms with van der Waals surface area (Å²) < 4.78 is 2.22. The third-order valence-corrected chi connectivity index (χ3v) is 7.97. The first-order valence-electron chi connectivity index (χ1n) is 12.0. The molecule has 2 aliphatic carbocycles. The van der Waals surface area contributed by atoms with Gasteiger partial charge in [-0.2, -0.15) is 0 Å². The maximum Gasteiger partial charge on any atom is 0.146 e. The molecular formula is C31H18N4. The lowest BCUT2D eigenvalue weighted by atomic mass is 9.92. The Morgan fingerprint density at radius 2 is 1.37 bits per heavy atom. The van der Waals surface area contributed by atoms with Gasteiger partial charge in [0.1, 0.15) is 5.65 Å². The summed E-state index contributed by atoms with van der Waals surface area (Å²) >= 11 is 0. The second-order valence-electron chi connectivity index (χ2n) is 9.73. The van der Waals surface area contributed by atoms with Crippen molar-refractivity contribution in [2.24, 2.45) is 0 Å². The van der Waals surface area contributed by atoms with E-state index in [1.807, 2.05) is 30.9 Å². The standard InChI is InChI=1S/C31H18N4/c1-2-4-21-17(3-1)11-18-5-6-19-12-20-13-24-22-7-9-32-15-27(22)35-28-16-33-10-8-26(28)34-31(35)25(24)14-23(20)30(19)29(18)21/h1-10,13-16H,11-12H2. The fraction of sp³-hybridized carbons (Fsp3) is 0.0645. The first-order valence-corrected chi connectivity index (χ1v) is 12.0. The van der Waals surface area contributed by atoms with Crippen LogP contribution in [0.4, 0.5) is 0 Å². The summed E-state index contributed by atoms with van der Waals surface area (Å²) in [6.45, 7) is 0. The van der Waals surface area contributed by atoms with Crippen LogP contribution >= 0.6 is 0 Å². The van der Waals surface area contributed by atoms with Crippen LogP contribution in [0.15, 0.2) is 85.5 Å². The van der Waals surface area contributed by atoms with Crippen LogP contribution in [0.3, 0.4) is 0 Å². The first kappa shape index (κ1) is 17.8. The molecule has 0 aliphatic heterocycles. The average Bonchev–Trinajstić information content (AvgIpc) is 3.58. The quantitative estimate of drug-likeness (QED) is 0.243. The molecule has 0 saturated carbocycles. The number of rotatable bonds is 0. The van der Waals surface area contributed by atoms with Crippen molar-refractivity contribution in [3.8, 4) is 22.3 Å².